The summed E-state index contributed by atoms with van der Waals surface area (Å²) < 4.78 is 16.6. The molecule has 7 nitrogen and oxygen atoms in total. The first kappa shape index (κ1) is 18.1. The van der Waals surface area contributed by atoms with Gasteiger partial charge in [0.05, 0.1) is 12.3 Å². The van der Waals surface area contributed by atoms with Crippen LogP contribution in [0.5, 0.6) is 0 Å². The van der Waals surface area contributed by atoms with Gasteiger partial charge < -0.3 is 19.9 Å². The van der Waals surface area contributed by atoms with Crippen molar-refractivity contribution in [2.24, 2.45) is 11.3 Å². The zero-order chi connectivity index (χ0) is 18.2. The first-order chi connectivity index (χ1) is 11.7. The van der Waals surface area contributed by atoms with Crippen molar-refractivity contribution < 1.29 is 23.8 Å². The van der Waals surface area contributed by atoms with Gasteiger partial charge in [-0.2, -0.15) is 0 Å². The number of nitrogens with two attached hydrogens (primary N) is 1. The number of anilines is 1. The molecular formula is C17H24N2O5S. The quantitative estimate of drug-likeness (QED) is 0.467. The molecule has 2 N–H and O–H groups in total. The maximum Gasteiger partial charge on any atom is 0.324 e. The number of cyclic esters (lactones) is 2. The topological polar surface area (TPSA) is 101 Å². The van der Waals surface area contributed by atoms with Crippen LogP contribution in [0.15, 0.2) is 5.38 Å². The second kappa shape index (κ2) is 6.57. The van der Waals surface area contributed by atoms with E-state index in [0.717, 1.165) is 6.42 Å². The average Bonchev–Trinajstić information content (AvgIpc) is 3.16. The molecule has 2 unspecified atom stereocenters. The Balaban J connectivity index is 1.67. The lowest BCUT2D eigenvalue weighted by Crippen LogP contribution is -2.32. The average molecular weight is 368 g/mol. The number of ether oxygens (including phenoxy) is 3. The van der Waals surface area contributed by atoms with Gasteiger partial charge in [-0.1, -0.05) is 13.8 Å². The van der Waals surface area contributed by atoms with Gasteiger partial charge in [-0.15, -0.1) is 11.3 Å². The van der Waals surface area contributed by atoms with Crippen LogP contribution >= 0.6 is 11.3 Å². The van der Waals surface area contributed by atoms with Crippen LogP contribution in [-0.2, 0) is 29.4 Å². The van der Waals surface area contributed by atoms with Crippen molar-refractivity contribution in [3.8, 4) is 0 Å². The van der Waals surface area contributed by atoms with Crippen LogP contribution in [0.25, 0.3) is 0 Å². The maximum atomic E-state index is 12.5. The van der Waals surface area contributed by atoms with Gasteiger partial charge in [0.25, 0.3) is 0 Å². The first-order valence-corrected chi connectivity index (χ1v) is 9.37. The van der Waals surface area contributed by atoms with Crippen molar-refractivity contribution in [1.82, 2.24) is 4.98 Å². The number of nitrogens with zero attached hydrogens (tertiary/aromatic N) is 1. The third-order valence-electron chi connectivity index (χ3n) is 4.80. The van der Waals surface area contributed by atoms with E-state index in [9.17, 15) is 9.59 Å². The lowest BCUT2D eigenvalue weighted by Gasteiger charge is -2.20. The minimum Gasteiger partial charge on any atom is -0.459 e. The standard InChI is InChI=1S/C17H24N2O5S/c1-10(2)4-5-22-7-11-6-17(13(20)23-11)9-16(3,24-14(17)21)12-8-25-15(18)19-12/h8,10-11H,4-7,9H2,1-3H3,(H2,18,19)/t11?,16?,17-/m0/s1. The molecule has 138 valence electrons. The second-order valence-electron chi connectivity index (χ2n) is 7.44. The summed E-state index contributed by atoms with van der Waals surface area (Å²) in [5.41, 5.74) is 4.03. The molecule has 3 heterocycles. The predicted molar refractivity (Wildman–Crippen MR) is 91.8 cm³/mol. The Morgan fingerprint density at radius 2 is 2.20 bits per heavy atom. The number of nitrogen functional groups attached to an aromatic ring is 1. The molecule has 25 heavy (non-hydrogen) atoms. The largest absolute Gasteiger partial charge is 0.459 e. The molecule has 0 saturated carbocycles. The highest BCUT2D eigenvalue weighted by molar-refractivity contribution is 7.13. The van der Waals surface area contributed by atoms with Crippen molar-refractivity contribution in [3.05, 3.63) is 11.1 Å². The smallest absolute Gasteiger partial charge is 0.324 e. The molecule has 0 amide bonds. The monoisotopic (exact) mass is 368 g/mol. The molecule has 0 aliphatic carbocycles. The summed E-state index contributed by atoms with van der Waals surface area (Å²) in [5, 5.41) is 2.16. The van der Waals surface area contributed by atoms with Crippen molar-refractivity contribution in [1.29, 1.82) is 0 Å². The number of aromatic nitrogens is 1. The van der Waals surface area contributed by atoms with Crippen LogP contribution in [0.2, 0.25) is 0 Å². The normalized spacial score (nSPS) is 31.8. The highest BCUT2D eigenvalue weighted by Crippen LogP contribution is 2.52. The van der Waals surface area contributed by atoms with Gasteiger partial charge in [0.1, 0.15) is 6.10 Å². The Labute approximate surface area is 150 Å². The zero-order valence-electron chi connectivity index (χ0n) is 14.7. The Morgan fingerprint density at radius 1 is 1.44 bits per heavy atom. The molecule has 0 bridgehead atoms. The summed E-state index contributed by atoms with van der Waals surface area (Å²) in [5.74, 6) is -0.522. The van der Waals surface area contributed by atoms with Gasteiger partial charge in [-0.3, -0.25) is 9.59 Å². The molecule has 2 aliphatic rings. The molecule has 3 rings (SSSR count). The van der Waals surface area contributed by atoms with E-state index in [1.807, 2.05) is 0 Å². The predicted octanol–water partition coefficient (Wildman–Crippen LogP) is 2.25. The molecule has 0 radical (unpaired) electrons. The Morgan fingerprint density at radius 3 is 2.84 bits per heavy atom. The summed E-state index contributed by atoms with van der Waals surface area (Å²) in [6.07, 6.45) is 1.01. The number of carbonyl (C=O) groups is 2. The van der Waals surface area contributed by atoms with Crippen molar-refractivity contribution in [2.45, 2.75) is 51.7 Å². The molecule has 8 heteroatoms. The van der Waals surface area contributed by atoms with Crippen LogP contribution in [0.3, 0.4) is 0 Å². The highest BCUT2D eigenvalue weighted by Gasteiger charge is 2.65. The van der Waals surface area contributed by atoms with Crippen LogP contribution < -0.4 is 5.73 Å². The molecule has 1 spiro atoms. The number of esters is 2. The molecule has 3 atom stereocenters. The number of carbonyl (C=O) groups excluding carboxylic acids is 2. The van der Waals surface area contributed by atoms with Crippen LogP contribution in [0, 0.1) is 11.3 Å². The van der Waals surface area contributed by atoms with Crippen molar-refractivity contribution in [2.75, 3.05) is 18.9 Å². The van der Waals surface area contributed by atoms with Gasteiger partial charge in [0, 0.05) is 24.8 Å². The van der Waals surface area contributed by atoms with E-state index in [1.165, 1.54) is 11.3 Å². The van der Waals surface area contributed by atoms with Crippen molar-refractivity contribution >= 4 is 28.4 Å². The van der Waals surface area contributed by atoms with Crippen LogP contribution in [-0.4, -0.2) is 36.2 Å². The lowest BCUT2D eigenvalue weighted by molar-refractivity contribution is -0.160. The SMILES string of the molecule is CC(C)CCOCC1C[C@]2(CC(C)(c3csc(N)n3)OC2=O)C(=O)O1. The van der Waals surface area contributed by atoms with Gasteiger partial charge in [0.2, 0.25) is 0 Å². The fraction of sp³-hybridized carbons (Fsp3) is 0.706. The highest BCUT2D eigenvalue weighted by atomic mass is 32.1. The third-order valence-corrected chi connectivity index (χ3v) is 5.47. The van der Waals surface area contributed by atoms with Gasteiger partial charge in [-0.05, 0) is 19.3 Å². The minimum atomic E-state index is -1.26. The molecule has 2 aliphatic heterocycles. The first-order valence-electron chi connectivity index (χ1n) is 8.49. The molecule has 0 aromatic carbocycles. The van der Waals surface area contributed by atoms with Gasteiger partial charge in [-0.25, -0.2) is 4.98 Å². The van der Waals surface area contributed by atoms with E-state index in [1.54, 1.807) is 12.3 Å². The molecule has 2 saturated heterocycles. The number of thiazole rings is 1. The molecule has 2 fully saturated rings. The van der Waals surface area contributed by atoms with E-state index in [4.69, 9.17) is 19.9 Å². The fourth-order valence-corrected chi connectivity index (χ4v) is 4.06. The fourth-order valence-electron chi connectivity index (χ4n) is 3.38. The Kier molecular flexibility index (Phi) is 4.76. The van der Waals surface area contributed by atoms with Crippen LogP contribution in [0.4, 0.5) is 5.13 Å². The maximum absolute atomic E-state index is 12.5. The molecular weight excluding hydrogens is 344 g/mol. The second-order valence-corrected chi connectivity index (χ2v) is 8.33. The van der Waals surface area contributed by atoms with E-state index < -0.39 is 29.1 Å². The summed E-state index contributed by atoms with van der Waals surface area (Å²) in [4.78, 5) is 29.2. The lowest BCUT2D eigenvalue weighted by atomic mass is 9.78. The molecule has 1 aromatic rings. The van der Waals surface area contributed by atoms with E-state index in [2.05, 4.69) is 18.8 Å². The summed E-state index contributed by atoms with van der Waals surface area (Å²) in [6.45, 7) is 6.91. The Hall–Kier alpha value is -1.67. The van der Waals surface area contributed by atoms with E-state index in [-0.39, 0.29) is 12.8 Å². The summed E-state index contributed by atoms with van der Waals surface area (Å²) in [7, 11) is 0. The summed E-state index contributed by atoms with van der Waals surface area (Å²) >= 11 is 1.28. The van der Waals surface area contributed by atoms with E-state index >= 15 is 0 Å². The summed E-state index contributed by atoms with van der Waals surface area (Å²) in [6, 6.07) is 0. The minimum absolute atomic E-state index is 0.212. The Bertz CT molecular complexity index is 676. The zero-order valence-corrected chi connectivity index (χ0v) is 15.6. The number of hydrogen-bond donors (Lipinski definition) is 1. The van der Waals surface area contributed by atoms with Gasteiger partial charge in [0.15, 0.2) is 16.1 Å². The number of rotatable bonds is 6. The third kappa shape index (κ3) is 3.37. The van der Waals surface area contributed by atoms with E-state index in [0.29, 0.717) is 30.0 Å². The van der Waals surface area contributed by atoms with Crippen molar-refractivity contribution in [3.63, 3.8) is 0 Å². The number of hydrogen-bond acceptors (Lipinski definition) is 8. The van der Waals surface area contributed by atoms with Gasteiger partial charge >= 0.3 is 11.9 Å². The molecule has 1 aromatic heterocycles. The van der Waals surface area contributed by atoms with Crippen LogP contribution in [0.1, 0.15) is 45.7 Å².